The first-order chi connectivity index (χ1) is 10.8. The molecule has 2 heterocycles. The number of hydrogen-bond donors (Lipinski definition) is 1. The van der Waals surface area contributed by atoms with Crippen molar-refractivity contribution in [3.8, 4) is 0 Å². The lowest BCUT2D eigenvalue weighted by Crippen LogP contribution is -2.36. The summed E-state index contributed by atoms with van der Waals surface area (Å²) in [4.78, 5) is 17.0. The highest BCUT2D eigenvalue weighted by molar-refractivity contribution is 5.89. The van der Waals surface area contributed by atoms with Crippen molar-refractivity contribution in [2.24, 2.45) is 5.92 Å². The van der Waals surface area contributed by atoms with Gasteiger partial charge in [-0.25, -0.2) is 4.79 Å². The van der Waals surface area contributed by atoms with Crippen LogP contribution < -0.4 is 5.32 Å². The lowest BCUT2D eigenvalue weighted by atomic mass is 10.0. The number of para-hydroxylation sites is 1. The summed E-state index contributed by atoms with van der Waals surface area (Å²) in [5, 5.41) is 3.00. The van der Waals surface area contributed by atoms with E-state index in [0.29, 0.717) is 0 Å². The van der Waals surface area contributed by atoms with E-state index in [1.54, 1.807) is 0 Å². The van der Waals surface area contributed by atoms with Gasteiger partial charge in [-0.05, 0) is 63.2 Å². The van der Waals surface area contributed by atoms with Crippen molar-refractivity contribution in [3.63, 3.8) is 0 Å². The highest BCUT2D eigenvalue weighted by Crippen LogP contribution is 2.21. The summed E-state index contributed by atoms with van der Waals surface area (Å²) in [6.07, 6.45) is 6.24. The summed E-state index contributed by atoms with van der Waals surface area (Å²) in [6, 6.07) is 9.78. The molecule has 1 N–H and O–H groups in total. The molecule has 2 saturated heterocycles. The number of rotatable bonds is 3. The number of nitrogens with zero attached hydrogens (tertiary/aromatic N) is 2. The summed E-state index contributed by atoms with van der Waals surface area (Å²) in [5.74, 6) is 0.757. The van der Waals surface area contributed by atoms with E-state index in [4.69, 9.17) is 0 Å². The monoisotopic (exact) mass is 301 g/mol. The van der Waals surface area contributed by atoms with Gasteiger partial charge in [0.05, 0.1) is 0 Å². The molecule has 1 unspecified atom stereocenters. The van der Waals surface area contributed by atoms with Gasteiger partial charge in [-0.1, -0.05) is 18.2 Å². The number of urea groups is 1. The van der Waals surface area contributed by atoms with Gasteiger partial charge < -0.3 is 15.1 Å². The fraction of sp³-hybridized carbons (Fsp3) is 0.611. The molecule has 2 amide bonds. The highest BCUT2D eigenvalue weighted by atomic mass is 16.2. The van der Waals surface area contributed by atoms with Gasteiger partial charge >= 0.3 is 6.03 Å². The van der Waals surface area contributed by atoms with Crippen LogP contribution in [0.25, 0.3) is 0 Å². The van der Waals surface area contributed by atoms with Crippen LogP contribution in [0.15, 0.2) is 30.3 Å². The van der Waals surface area contributed by atoms with Crippen LogP contribution in [0.3, 0.4) is 0 Å². The van der Waals surface area contributed by atoms with E-state index in [1.807, 2.05) is 35.2 Å². The lowest BCUT2D eigenvalue weighted by molar-refractivity contribution is 0.211. The van der Waals surface area contributed by atoms with E-state index in [2.05, 4.69) is 10.2 Å². The molecule has 0 aromatic heterocycles. The lowest BCUT2D eigenvalue weighted by Gasteiger charge is -2.23. The van der Waals surface area contributed by atoms with Crippen LogP contribution >= 0.6 is 0 Å². The van der Waals surface area contributed by atoms with Gasteiger partial charge in [0.25, 0.3) is 0 Å². The molecule has 0 saturated carbocycles. The van der Waals surface area contributed by atoms with Gasteiger partial charge in [-0.3, -0.25) is 0 Å². The highest BCUT2D eigenvalue weighted by Gasteiger charge is 2.23. The van der Waals surface area contributed by atoms with Gasteiger partial charge in [-0.15, -0.1) is 0 Å². The summed E-state index contributed by atoms with van der Waals surface area (Å²) in [7, 11) is 0. The van der Waals surface area contributed by atoms with E-state index < -0.39 is 0 Å². The second-order valence-electron chi connectivity index (χ2n) is 6.59. The second kappa shape index (κ2) is 7.63. The first-order valence-electron chi connectivity index (χ1n) is 8.64. The average Bonchev–Trinajstić information content (AvgIpc) is 2.92. The summed E-state index contributed by atoms with van der Waals surface area (Å²) in [6.45, 7) is 5.55. The SMILES string of the molecule is O=C(Nc1ccccc1)N1CCCC(CN2CCCC2)CC1. The number of nitrogens with one attached hydrogen (secondary N) is 1. The Bertz CT molecular complexity index is 470. The Morgan fingerprint density at radius 3 is 2.55 bits per heavy atom. The van der Waals surface area contributed by atoms with E-state index in [9.17, 15) is 4.79 Å². The largest absolute Gasteiger partial charge is 0.325 e. The van der Waals surface area contributed by atoms with Gasteiger partial charge in [0.2, 0.25) is 0 Å². The zero-order chi connectivity index (χ0) is 15.2. The third-order valence-corrected chi connectivity index (χ3v) is 4.88. The maximum atomic E-state index is 12.4. The van der Waals surface area contributed by atoms with Crippen LogP contribution in [0, 0.1) is 5.92 Å². The fourth-order valence-electron chi connectivity index (χ4n) is 3.61. The Labute approximate surface area is 133 Å². The first kappa shape index (κ1) is 15.3. The smallest absolute Gasteiger partial charge is 0.321 e. The predicted octanol–water partition coefficient (Wildman–Crippen LogP) is 3.42. The van der Waals surface area contributed by atoms with Crippen molar-refractivity contribution in [1.82, 2.24) is 9.80 Å². The number of carbonyl (C=O) groups excluding carboxylic acids is 1. The Morgan fingerprint density at radius 1 is 1.00 bits per heavy atom. The minimum Gasteiger partial charge on any atom is -0.325 e. The fourth-order valence-corrected chi connectivity index (χ4v) is 3.61. The van der Waals surface area contributed by atoms with Gasteiger partial charge in [0, 0.05) is 25.3 Å². The molecule has 1 aromatic carbocycles. The third kappa shape index (κ3) is 4.23. The molecule has 4 nitrogen and oxygen atoms in total. The van der Waals surface area contributed by atoms with Crippen molar-refractivity contribution in [2.75, 3.05) is 38.0 Å². The Hall–Kier alpha value is -1.55. The zero-order valence-corrected chi connectivity index (χ0v) is 13.3. The second-order valence-corrected chi connectivity index (χ2v) is 6.59. The maximum absolute atomic E-state index is 12.4. The summed E-state index contributed by atoms with van der Waals surface area (Å²) >= 11 is 0. The van der Waals surface area contributed by atoms with Gasteiger partial charge in [-0.2, -0.15) is 0 Å². The van der Waals surface area contributed by atoms with Gasteiger partial charge in [0.1, 0.15) is 0 Å². The molecule has 4 heteroatoms. The Kier molecular flexibility index (Phi) is 5.33. The molecular weight excluding hydrogens is 274 g/mol. The maximum Gasteiger partial charge on any atom is 0.321 e. The van der Waals surface area contributed by atoms with E-state index >= 15 is 0 Å². The number of carbonyl (C=O) groups is 1. The van der Waals surface area contributed by atoms with Crippen LogP contribution in [-0.2, 0) is 0 Å². The van der Waals surface area contributed by atoms with E-state index in [-0.39, 0.29) is 6.03 Å². The van der Waals surface area contributed by atoms with Crippen LogP contribution in [-0.4, -0.2) is 48.6 Å². The van der Waals surface area contributed by atoms with Crippen molar-refractivity contribution in [1.29, 1.82) is 0 Å². The molecule has 2 fully saturated rings. The predicted molar refractivity (Wildman–Crippen MR) is 90.0 cm³/mol. The van der Waals surface area contributed by atoms with E-state index in [1.165, 1.54) is 38.9 Å². The molecule has 2 aliphatic heterocycles. The minimum atomic E-state index is 0.0491. The van der Waals surface area contributed by atoms with Crippen molar-refractivity contribution in [2.45, 2.75) is 32.1 Å². The third-order valence-electron chi connectivity index (χ3n) is 4.88. The van der Waals surface area contributed by atoms with Crippen molar-refractivity contribution in [3.05, 3.63) is 30.3 Å². The average molecular weight is 301 g/mol. The molecule has 1 aromatic rings. The summed E-state index contributed by atoms with van der Waals surface area (Å²) in [5.41, 5.74) is 0.880. The number of anilines is 1. The van der Waals surface area contributed by atoms with Crippen molar-refractivity contribution >= 4 is 11.7 Å². The van der Waals surface area contributed by atoms with Crippen LogP contribution in [0.5, 0.6) is 0 Å². The Morgan fingerprint density at radius 2 is 1.77 bits per heavy atom. The molecule has 0 radical (unpaired) electrons. The Balaban J connectivity index is 1.48. The number of likely N-dealkylation sites (tertiary alicyclic amines) is 2. The van der Waals surface area contributed by atoms with Crippen LogP contribution in [0.1, 0.15) is 32.1 Å². The summed E-state index contributed by atoms with van der Waals surface area (Å²) < 4.78 is 0. The van der Waals surface area contributed by atoms with E-state index in [0.717, 1.165) is 37.5 Å². The van der Waals surface area contributed by atoms with Crippen LogP contribution in [0.4, 0.5) is 10.5 Å². The molecule has 22 heavy (non-hydrogen) atoms. The number of benzene rings is 1. The number of hydrogen-bond acceptors (Lipinski definition) is 2. The topological polar surface area (TPSA) is 35.6 Å². The van der Waals surface area contributed by atoms with Crippen molar-refractivity contribution < 1.29 is 4.79 Å². The molecule has 120 valence electrons. The molecule has 0 bridgehead atoms. The standard InChI is InChI=1S/C18H27N3O/c22-18(19-17-8-2-1-3-9-17)21-13-6-7-16(10-14-21)15-20-11-4-5-12-20/h1-3,8-9,16H,4-7,10-15H2,(H,19,22). The normalized spacial score (nSPS) is 23.3. The molecule has 2 aliphatic rings. The number of amides is 2. The molecule has 0 aliphatic carbocycles. The van der Waals surface area contributed by atoms with Gasteiger partial charge in [0.15, 0.2) is 0 Å². The molecule has 3 rings (SSSR count). The first-order valence-corrected chi connectivity index (χ1v) is 8.64. The quantitative estimate of drug-likeness (QED) is 0.928. The zero-order valence-electron chi connectivity index (χ0n) is 13.3. The molecule has 0 spiro atoms. The minimum absolute atomic E-state index is 0.0491. The van der Waals surface area contributed by atoms with Crippen LogP contribution in [0.2, 0.25) is 0 Å². The molecular formula is C18H27N3O. The molecule has 1 atom stereocenters.